The van der Waals surface area contributed by atoms with Gasteiger partial charge in [0.15, 0.2) is 0 Å². The summed E-state index contributed by atoms with van der Waals surface area (Å²) < 4.78 is 0. The second-order valence-electron chi connectivity index (χ2n) is 5.97. The number of carboxylic acids is 2. The second kappa shape index (κ2) is 6.37. The van der Waals surface area contributed by atoms with E-state index in [2.05, 4.69) is 0 Å². The fraction of sp³-hybridized carbons (Fsp3) is 0.857. The second-order valence-corrected chi connectivity index (χ2v) is 5.97. The molecule has 5 nitrogen and oxygen atoms in total. The number of aliphatic hydroxyl groups excluding tert-OH is 1. The summed E-state index contributed by atoms with van der Waals surface area (Å²) in [6.07, 6.45) is 1.88. The van der Waals surface area contributed by atoms with E-state index in [9.17, 15) is 19.8 Å². The zero-order valence-electron chi connectivity index (χ0n) is 11.7. The van der Waals surface area contributed by atoms with Crippen molar-refractivity contribution in [1.82, 2.24) is 0 Å². The molecule has 0 bridgehead atoms. The average molecular weight is 272 g/mol. The third-order valence-corrected chi connectivity index (χ3v) is 4.72. The van der Waals surface area contributed by atoms with Crippen LogP contribution in [-0.2, 0) is 9.59 Å². The van der Waals surface area contributed by atoms with Gasteiger partial charge in [-0.25, -0.2) is 0 Å². The van der Waals surface area contributed by atoms with Crippen LogP contribution in [-0.4, -0.2) is 33.4 Å². The van der Waals surface area contributed by atoms with Crippen LogP contribution in [0.2, 0.25) is 0 Å². The summed E-state index contributed by atoms with van der Waals surface area (Å²) in [4.78, 5) is 22.4. The summed E-state index contributed by atoms with van der Waals surface area (Å²) in [5.74, 6) is -3.88. The minimum atomic E-state index is -1.08. The van der Waals surface area contributed by atoms with Gasteiger partial charge in [0.2, 0.25) is 0 Å². The highest BCUT2D eigenvalue weighted by Gasteiger charge is 2.40. The molecule has 0 saturated heterocycles. The van der Waals surface area contributed by atoms with Crippen LogP contribution in [0.5, 0.6) is 0 Å². The Hall–Kier alpha value is -1.10. The Morgan fingerprint density at radius 1 is 1.11 bits per heavy atom. The van der Waals surface area contributed by atoms with Gasteiger partial charge in [-0.1, -0.05) is 20.8 Å². The molecule has 6 unspecified atom stereocenters. The van der Waals surface area contributed by atoms with E-state index in [-0.39, 0.29) is 17.8 Å². The molecule has 1 aliphatic rings. The molecular weight excluding hydrogens is 248 g/mol. The number of carbonyl (C=O) groups is 2. The minimum Gasteiger partial charge on any atom is -0.481 e. The van der Waals surface area contributed by atoms with Crippen molar-refractivity contribution in [3.63, 3.8) is 0 Å². The van der Waals surface area contributed by atoms with E-state index < -0.39 is 29.9 Å². The molecule has 1 saturated carbocycles. The quantitative estimate of drug-likeness (QED) is 0.710. The van der Waals surface area contributed by atoms with Gasteiger partial charge in [-0.15, -0.1) is 0 Å². The van der Waals surface area contributed by atoms with Gasteiger partial charge in [-0.2, -0.15) is 0 Å². The van der Waals surface area contributed by atoms with Crippen molar-refractivity contribution in [3.8, 4) is 0 Å². The van der Waals surface area contributed by atoms with Crippen LogP contribution in [0.25, 0.3) is 0 Å². The highest BCUT2D eigenvalue weighted by atomic mass is 16.4. The maximum atomic E-state index is 11.3. The van der Waals surface area contributed by atoms with Crippen molar-refractivity contribution < 1.29 is 24.9 Å². The first kappa shape index (κ1) is 16.0. The standard InChI is InChI=1S/C14H24O5/c1-7-4-5-10(6-11(7)15)8(2)12(14(18)19)9(3)13(16)17/h7-12,15H,4-6H2,1-3H3,(H,16,17)(H,18,19). The zero-order valence-corrected chi connectivity index (χ0v) is 11.7. The summed E-state index contributed by atoms with van der Waals surface area (Å²) in [7, 11) is 0. The lowest BCUT2D eigenvalue weighted by Crippen LogP contribution is -2.39. The van der Waals surface area contributed by atoms with Crippen LogP contribution < -0.4 is 0 Å². The van der Waals surface area contributed by atoms with Crippen molar-refractivity contribution in [1.29, 1.82) is 0 Å². The maximum absolute atomic E-state index is 11.3. The molecule has 110 valence electrons. The summed E-state index contributed by atoms with van der Waals surface area (Å²) in [6.45, 7) is 5.23. The van der Waals surface area contributed by atoms with Crippen LogP contribution >= 0.6 is 0 Å². The molecule has 0 aromatic heterocycles. The summed E-state index contributed by atoms with van der Waals surface area (Å²) in [6, 6.07) is 0. The highest BCUT2D eigenvalue weighted by molar-refractivity contribution is 5.79. The van der Waals surface area contributed by atoms with Crippen LogP contribution in [0.1, 0.15) is 40.0 Å². The maximum Gasteiger partial charge on any atom is 0.307 e. The van der Waals surface area contributed by atoms with Gasteiger partial charge in [0.1, 0.15) is 0 Å². The fourth-order valence-corrected chi connectivity index (χ4v) is 3.15. The van der Waals surface area contributed by atoms with Crippen molar-refractivity contribution in [2.45, 2.75) is 46.1 Å². The first-order valence-corrected chi connectivity index (χ1v) is 6.89. The molecule has 0 amide bonds. The molecule has 3 N–H and O–H groups in total. The third kappa shape index (κ3) is 3.69. The van der Waals surface area contributed by atoms with Crippen molar-refractivity contribution in [2.75, 3.05) is 0 Å². The Bertz CT molecular complexity index is 341. The van der Waals surface area contributed by atoms with E-state index >= 15 is 0 Å². The lowest BCUT2D eigenvalue weighted by atomic mass is 9.69. The number of aliphatic carboxylic acids is 2. The number of aliphatic hydroxyl groups is 1. The summed E-state index contributed by atoms with van der Waals surface area (Å²) >= 11 is 0. The third-order valence-electron chi connectivity index (χ3n) is 4.72. The van der Waals surface area contributed by atoms with Gasteiger partial charge >= 0.3 is 11.9 Å². The van der Waals surface area contributed by atoms with Gasteiger partial charge in [-0.05, 0) is 37.0 Å². The predicted octanol–water partition coefficient (Wildman–Crippen LogP) is 1.84. The molecule has 0 heterocycles. The van der Waals surface area contributed by atoms with E-state index in [1.54, 1.807) is 6.92 Å². The molecule has 0 aromatic rings. The van der Waals surface area contributed by atoms with Crippen LogP contribution in [0.4, 0.5) is 0 Å². The molecule has 0 aliphatic heterocycles. The molecule has 0 radical (unpaired) electrons. The number of carboxylic acid groups (broad SMARTS) is 2. The Kier molecular flexibility index (Phi) is 5.35. The van der Waals surface area contributed by atoms with Crippen LogP contribution in [0.3, 0.4) is 0 Å². The van der Waals surface area contributed by atoms with Crippen molar-refractivity contribution in [3.05, 3.63) is 0 Å². The molecule has 1 fully saturated rings. The number of hydrogen-bond donors (Lipinski definition) is 3. The molecule has 0 aromatic carbocycles. The SMILES string of the molecule is CC1CCC(C(C)C(C(=O)O)C(C)C(=O)O)CC1O. The molecule has 1 rings (SSSR count). The van der Waals surface area contributed by atoms with Gasteiger partial charge in [0.05, 0.1) is 17.9 Å². The first-order valence-electron chi connectivity index (χ1n) is 6.89. The Morgan fingerprint density at radius 3 is 2.11 bits per heavy atom. The minimum absolute atomic E-state index is 0.0779. The normalized spacial score (nSPS) is 32.3. The fourth-order valence-electron chi connectivity index (χ4n) is 3.15. The van der Waals surface area contributed by atoms with Gasteiger partial charge in [0, 0.05) is 0 Å². The van der Waals surface area contributed by atoms with E-state index in [0.29, 0.717) is 6.42 Å². The van der Waals surface area contributed by atoms with Gasteiger partial charge < -0.3 is 15.3 Å². The van der Waals surface area contributed by atoms with E-state index in [1.807, 2.05) is 6.92 Å². The lowest BCUT2D eigenvalue weighted by molar-refractivity contribution is -0.156. The largest absolute Gasteiger partial charge is 0.481 e. The van der Waals surface area contributed by atoms with E-state index in [1.165, 1.54) is 6.92 Å². The topological polar surface area (TPSA) is 94.8 Å². The predicted molar refractivity (Wildman–Crippen MR) is 69.6 cm³/mol. The number of rotatable bonds is 5. The zero-order chi connectivity index (χ0) is 14.7. The Labute approximate surface area is 113 Å². The van der Waals surface area contributed by atoms with Crippen LogP contribution in [0.15, 0.2) is 0 Å². The molecule has 19 heavy (non-hydrogen) atoms. The summed E-state index contributed by atoms with van der Waals surface area (Å²) in [5.41, 5.74) is 0. The monoisotopic (exact) mass is 272 g/mol. The van der Waals surface area contributed by atoms with E-state index in [0.717, 1.165) is 12.8 Å². The number of hydrogen-bond acceptors (Lipinski definition) is 3. The smallest absolute Gasteiger partial charge is 0.307 e. The lowest BCUT2D eigenvalue weighted by Gasteiger charge is -2.37. The van der Waals surface area contributed by atoms with Gasteiger partial charge in [0.25, 0.3) is 0 Å². The molecular formula is C14H24O5. The molecule has 6 atom stereocenters. The van der Waals surface area contributed by atoms with Gasteiger partial charge in [-0.3, -0.25) is 9.59 Å². The molecule has 5 heteroatoms. The first-order chi connectivity index (χ1) is 8.75. The average Bonchev–Trinajstić information content (AvgIpc) is 2.31. The van der Waals surface area contributed by atoms with Crippen molar-refractivity contribution in [2.24, 2.45) is 29.6 Å². The summed E-state index contributed by atoms with van der Waals surface area (Å²) in [5, 5.41) is 28.2. The molecule has 1 aliphatic carbocycles. The van der Waals surface area contributed by atoms with Crippen molar-refractivity contribution >= 4 is 11.9 Å². The molecule has 0 spiro atoms. The Morgan fingerprint density at radius 2 is 1.68 bits per heavy atom. The highest BCUT2D eigenvalue weighted by Crippen LogP contribution is 2.38. The van der Waals surface area contributed by atoms with Crippen LogP contribution in [0, 0.1) is 29.6 Å². The van der Waals surface area contributed by atoms with E-state index in [4.69, 9.17) is 5.11 Å². The Balaban J connectivity index is 2.80.